The molecule has 0 spiro atoms. The number of hydrogen-bond acceptors (Lipinski definition) is 4. The average molecular weight is 235 g/mol. The number of rotatable bonds is 2. The van der Waals surface area contributed by atoms with Gasteiger partial charge < -0.3 is 10.0 Å². The molecule has 1 saturated heterocycles. The van der Waals surface area contributed by atoms with E-state index in [-0.39, 0.29) is 11.8 Å². The van der Waals surface area contributed by atoms with Crippen LogP contribution in [0.1, 0.15) is 30.0 Å². The third-order valence-corrected chi connectivity index (χ3v) is 3.29. The molecule has 5 nitrogen and oxygen atoms in total. The van der Waals surface area contributed by atoms with Crippen LogP contribution in [0.2, 0.25) is 0 Å². The molecule has 0 aliphatic carbocycles. The average Bonchev–Trinajstić information content (AvgIpc) is 2.24. The summed E-state index contributed by atoms with van der Waals surface area (Å²) >= 11 is 0. The van der Waals surface area contributed by atoms with Gasteiger partial charge in [-0.05, 0) is 12.8 Å². The quantitative estimate of drug-likeness (QED) is 0.816. The van der Waals surface area contributed by atoms with Gasteiger partial charge in [-0.2, -0.15) is 0 Å². The number of carbonyl (C=O) groups excluding carboxylic acids is 1. The second-order valence-electron chi connectivity index (χ2n) is 4.96. The summed E-state index contributed by atoms with van der Waals surface area (Å²) in [6, 6.07) is 0. The molecule has 0 atom stereocenters. The Labute approximate surface area is 100 Å². The van der Waals surface area contributed by atoms with Crippen molar-refractivity contribution >= 4 is 5.91 Å². The van der Waals surface area contributed by atoms with Gasteiger partial charge in [0.1, 0.15) is 11.3 Å². The molecule has 1 amide bonds. The van der Waals surface area contributed by atoms with Crippen molar-refractivity contribution in [3.8, 4) is 0 Å². The topological polar surface area (TPSA) is 66.3 Å². The molecule has 1 aliphatic rings. The van der Waals surface area contributed by atoms with Crippen LogP contribution >= 0.6 is 0 Å². The monoisotopic (exact) mass is 235 g/mol. The van der Waals surface area contributed by atoms with E-state index in [1.165, 1.54) is 6.20 Å². The third-order valence-electron chi connectivity index (χ3n) is 3.29. The van der Waals surface area contributed by atoms with Crippen molar-refractivity contribution in [2.24, 2.45) is 5.92 Å². The first kappa shape index (κ1) is 12.0. The molecule has 0 aromatic carbocycles. The van der Waals surface area contributed by atoms with Crippen LogP contribution in [0.4, 0.5) is 0 Å². The highest BCUT2D eigenvalue weighted by Gasteiger charge is 2.46. The minimum absolute atomic E-state index is 0.149. The van der Waals surface area contributed by atoms with Crippen molar-refractivity contribution in [3.63, 3.8) is 0 Å². The maximum atomic E-state index is 12.0. The minimum atomic E-state index is -0.742. The normalized spacial score (nSPS) is 18.1. The van der Waals surface area contributed by atoms with Crippen molar-refractivity contribution in [1.82, 2.24) is 14.9 Å². The molecule has 1 aliphatic heterocycles. The predicted molar refractivity (Wildman–Crippen MR) is 62.5 cm³/mol. The van der Waals surface area contributed by atoms with Crippen molar-refractivity contribution in [1.29, 1.82) is 0 Å². The zero-order chi connectivity index (χ0) is 12.6. The first-order chi connectivity index (χ1) is 7.92. The highest BCUT2D eigenvalue weighted by atomic mass is 16.3. The van der Waals surface area contributed by atoms with Crippen LogP contribution in [0.15, 0.2) is 12.4 Å². The number of amides is 1. The lowest BCUT2D eigenvalue weighted by atomic mass is 9.83. The summed E-state index contributed by atoms with van der Waals surface area (Å²) in [5.41, 5.74) is 0.374. The maximum Gasteiger partial charge on any atom is 0.274 e. The third kappa shape index (κ3) is 2.15. The molecule has 5 heteroatoms. The molecule has 92 valence electrons. The zero-order valence-corrected chi connectivity index (χ0v) is 10.3. The van der Waals surface area contributed by atoms with Gasteiger partial charge in [0.15, 0.2) is 0 Å². The smallest absolute Gasteiger partial charge is 0.274 e. The van der Waals surface area contributed by atoms with E-state index in [0.29, 0.717) is 18.8 Å². The van der Waals surface area contributed by atoms with E-state index in [9.17, 15) is 9.90 Å². The van der Waals surface area contributed by atoms with Crippen LogP contribution in [-0.2, 0) is 0 Å². The van der Waals surface area contributed by atoms with Gasteiger partial charge in [0, 0.05) is 6.20 Å². The maximum absolute atomic E-state index is 12.0. The molecule has 2 heterocycles. The van der Waals surface area contributed by atoms with Crippen molar-refractivity contribution in [2.75, 3.05) is 13.1 Å². The molecule has 1 aromatic heterocycles. The Hall–Kier alpha value is -1.49. The fourth-order valence-corrected chi connectivity index (χ4v) is 1.79. The molecule has 0 radical (unpaired) electrons. The number of aryl methyl sites for hydroxylation is 1. The highest BCUT2D eigenvalue weighted by molar-refractivity contribution is 5.92. The first-order valence-corrected chi connectivity index (χ1v) is 5.73. The SMILES string of the molecule is Cc1cnc(C(=O)N2CC(O)(C(C)C)C2)cn1. The molecular weight excluding hydrogens is 218 g/mol. The van der Waals surface area contributed by atoms with E-state index < -0.39 is 5.60 Å². The second-order valence-corrected chi connectivity index (χ2v) is 4.96. The molecule has 1 fully saturated rings. The molecular formula is C12H17N3O2. The summed E-state index contributed by atoms with van der Waals surface area (Å²) in [6.45, 7) is 6.47. The van der Waals surface area contributed by atoms with Crippen molar-refractivity contribution < 1.29 is 9.90 Å². The van der Waals surface area contributed by atoms with Gasteiger partial charge in [-0.15, -0.1) is 0 Å². The van der Waals surface area contributed by atoms with Gasteiger partial charge in [-0.3, -0.25) is 9.78 Å². The Balaban J connectivity index is 2.02. The van der Waals surface area contributed by atoms with Crippen LogP contribution < -0.4 is 0 Å². The molecule has 0 saturated carbocycles. The van der Waals surface area contributed by atoms with Crippen LogP contribution in [0.3, 0.4) is 0 Å². The van der Waals surface area contributed by atoms with E-state index in [4.69, 9.17) is 0 Å². The van der Waals surface area contributed by atoms with Gasteiger partial charge >= 0.3 is 0 Å². The number of aromatic nitrogens is 2. The van der Waals surface area contributed by atoms with Gasteiger partial charge in [-0.25, -0.2) is 4.98 Å². The largest absolute Gasteiger partial charge is 0.386 e. The van der Waals surface area contributed by atoms with Gasteiger partial charge in [0.25, 0.3) is 5.91 Å². The number of carbonyl (C=O) groups is 1. The second kappa shape index (κ2) is 4.07. The summed E-state index contributed by atoms with van der Waals surface area (Å²) in [7, 11) is 0. The lowest BCUT2D eigenvalue weighted by molar-refractivity contribution is -0.111. The fourth-order valence-electron chi connectivity index (χ4n) is 1.79. The molecule has 2 rings (SSSR count). The van der Waals surface area contributed by atoms with Crippen LogP contribution in [0, 0.1) is 12.8 Å². The summed E-state index contributed by atoms with van der Waals surface area (Å²) in [5.74, 6) is -0.0153. The lowest BCUT2D eigenvalue weighted by Crippen LogP contribution is -2.66. The van der Waals surface area contributed by atoms with E-state index >= 15 is 0 Å². The van der Waals surface area contributed by atoms with Crippen LogP contribution in [0.5, 0.6) is 0 Å². The predicted octanol–water partition coefficient (Wildman–Crippen LogP) is 0.628. The molecule has 0 unspecified atom stereocenters. The lowest BCUT2D eigenvalue weighted by Gasteiger charge is -2.48. The molecule has 17 heavy (non-hydrogen) atoms. The number of nitrogens with zero attached hydrogens (tertiary/aromatic N) is 3. The first-order valence-electron chi connectivity index (χ1n) is 5.73. The zero-order valence-electron chi connectivity index (χ0n) is 10.3. The highest BCUT2D eigenvalue weighted by Crippen LogP contribution is 2.29. The summed E-state index contributed by atoms with van der Waals surface area (Å²) in [5, 5.41) is 10.1. The van der Waals surface area contributed by atoms with E-state index in [1.54, 1.807) is 11.1 Å². The minimum Gasteiger partial charge on any atom is -0.386 e. The summed E-state index contributed by atoms with van der Waals surface area (Å²) < 4.78 is 0. The Bertz CT molecular complexity index is 422. The van der Waals surface area contributed by atoms with Crippen molar-refractivity contribution in [2.45, 2.75) is 26.4 Å². The Morgan fingerprint density at radius 2 is 2.06 bits per heavy atom. The van der Waals surface area contributed by atoms with E-state index in [2.05, 4.69) is 9.97 Å². The van der Waals surface area contributed by atoms with Gasteiger partial charge in [0.2, 0.25) is 0 Å². The molecule has 1 N–H and O–H groups in total. The van der Waals surface area contributed by atoms with Crippen molar-refractivity contribution in [3.05, 3.63) is 23.8 Å². The number of β-amino-alcohol motifs (C(OH)–C–C–N with tert-alkyl or cyclic N) is 1. The Morgan fingerprint density at radius 3 is 2.53 bits per heavy atom. The van der Waals surface area contributed by atoms with E-state index in [1.807, 2.05) is 20.8 Å². The fraction of sp³-hybridized carbons (Fsp3) is 0.583. The van der Waals surface area contributed by atoms with Gasteiger partial charge in [-0.1, -0.05) is 13.8 Å². The number of likely N-dealkylation sites (tertiary alicyclic amines) is 1. The summed E-state index contributed by atoms with van der Waals surface area (Å²) in [6.07, 6.45) is 3.05. The molecule has 1 aromatic rings. The van der Waals surface area contributed by atoms with E-state index in [0.717, 1.165) is 5.69 Å². The molecule has 0 bridgehead atoms. The van der Waals surface area contributed by atoms with Crippen LogP contribution in [0.25, 0.3) is 0 Å². The number of aliphatic hydroxyl groups is 1. The Kier molecular flexibility index (Phi) is 2.87. The number of hydrogen-bond donors (Lipinski definition) is 1. The summed E-state index contributed by atoms with van der Waals surface area (Å²) in [4.78, 5) is 21.6. The standard InChI is InChI=1S/C12H17N3O2/c1-8(2)12(17)6-15(7-12)11(16)10-5-13-9(3)4-14-10/h4-5,8,17H,6-7H2,1-3H3. The Morgan fingerprint density at radius 1 is 1.41 bits per heavy atom. The van der Waals surface area contributed by atoms with Gasteiger partial charge in [0.05, 0.1) is 25.0 Å². The van der Waals surface area contributed by atoms with Crippen LogP contribution in [-0.4, -0.2) is 44.6 Å².